The number of anilines is 3. The fraction of sp³-hybridized carbons (Fsp3) is 0.278. The summed E-state index contributed by atoms with van der Waals surface area (Å²) in [6, 6.07) is 10.6. The number of hydrogen-bond acceptors (Lipinski definition) is 4. The summed E-state index contributed by atoms with van der Waals surface area (Å²) in [5.41, 5.74) is 7.66. The molecule has 0 aliphatic heterocycles. The van der Waals surface area contributed by atoms with Gasteiger partial charge in [0.15, 0.2) is 0 Å². The number of fused-ring (bicyclic) bond motifs is 1. The van der Waals surface area contributed by atoms with Crippen LogP contribution in [0.15, 0.2) is 30.3 Å². The van der Waals surface area contributed by atoms with Gasteiger partial charge in [0.05, 0.1) is 0 Å². The maximum absolute atomic E-state index is 4.73. The lowest BCUT2D eigenvalue weighted by molar-refractivity contribution is 0.751. The van der Waals surface area contributed by atoms with E-state index in [1.807, 2.05) is 32.9 Å². The van der Waals surface area contributed by atoms with Crippen molar-refractivity contribution in [3.63, 3.8) is 0 Å². The van der Waals surface area contributed by atoms with Crippen molar-refractivity contribution in [2.24, 2.45) is 7.05 Å². The summed E-state index contributed by atoms with van der Waals surface area (Å²) < 4.78 is 1.94. The van der Waals surface area contributed by atoms with Gasteiger partial charge in [-0.3, -0.25) is 4.68 Å². The van der Waals surface area contributed by atoms with Gasteiger partial charge in [-0.2, -0.15) is 5.10 Å². The molecule has 0 unspecified atom stereocenters. The molecule has 0 fully saturated rings. The average molecular weight is 346 g/mol. The molecule has 0 aliphatic rings. The van der Waals surface area contributed by atoms with Crippen LogP contribution in [0.5, 0.6) is 0 Å². The summed E-state index contributed by atoms with van der Waals surface area (Å²) in [4.78, 5) is 0. The van der Waals surface area contributed by atoms with E-state index in [4.69, 9.17) is 5.10 Å². The summed E-state index contributed by atoms with van der Waals surface area (Å²) in [6.07, 6.45) is 0. The molecule has 0 bridgehead atoms. The van der Waals surface area contributed by atoms with E-state index in [1.54, 1.807) is 0 Å². The Balaban J connectivity index is 0.00000208. The van der Waals surface area contributed by atoms with Crippen LogP contribution in [-0.2, 0) is 7.05 Å². The Kier molecular flexibility index (Phi) is 5.24. The summed E-state index contributed by atoms with van der Waals surface area (Å²) in [5.74, 6) is 0. The second-order valence-electron chi connectivity index (χ2n) is 5.61. The summed E-state index contributed by atoms with van der Waals surface area (Å²) in [6.45, 7) is 2.10. The first-order chi connectivity index (χ1) is 11.1. The van der Waals surface area contributed by atoms with E-state index in [2.05, 4.69) is 53.2 Å². The van der Waals surface area contributed by atoms with Gasteiger partial charge in [0.25, 0.3) is 0 Å². The minimum Gasteiger partial charge on any atom is -0.388 e. The molecule has 5 nitrogen and oxygen atoms in total. The smallest absolute Gasteiger partial charge is 0.101 e. The van der Waals surface area contributed by atoms with Crippen LogP contribution in [0.1, 0.15) is 5.69 Å². The van der Waals surface area contributed by atoms with E-state index in [-0.39, 0.29) is 12.4 Å². The third-order valence-electron chi connectivity index (χ3n) is 4.40. The van der Waals surface area contributed by atoms with E-state index in [0.717, 1.165) is 33.7 Å². The minimum atomic E-state index is 0. The fourth-order valence-electron chi connectivity index (χ4n) is 3.02. The van der Waals surface area contributed by atoms with Crippen LogP contribution < -0.4 is 16.0 Å². The van der Waals surface area contributed by atoms with E-state index in [0.29, 0.717) is 0 Å². The van der Waals surface area contributed by atoms with Crippen LogP contribution in [0, 0.1) is 6.92 Å². The molecule has 6 heteroatoms. The topological polar surface area (TPSA) is 53.9 Å². The predicted molar refractivity (Wildman–Crippen MR) is 107 cm³/mol. The van der Waals surface area contributed by atoms with Crippen LogP contribution >= 0.6 is 12.4 Å². The lowest BCUT2D eigenvalue weighted by Crippen LogP contribution is -2.01. The molecular formula is C18H24ClN5. The van der Waals surface area contributed by atoms with Crippen molar-refractivity contribution in [2.45, 2.75) is 6.92 Å². The van der Waals surface area contributed by atoms with Crippen LogP contribution in [0.3, 0.4) is 0 Å². The van der Waals surface area contributed by atoms with Crippen molar-refractivity contribution in [2.75, 3.05) is 37.1 Å². The highest BCUT2D eigenvalue weighted by molar-refractivity contribution is 6.03. The van der Waals surface area contributed by atoms with Gasteiger partial charge in [0.1, 0.15) is 5.52 Å². The molecule has 24 heavy (non-hydrogen) atoms. The van der Waals surface area contributed by atoms with Crippen LogP contribution in [-0.4, -0.2) is 30.9 Å². The number of hydrogen-bond donors (Lipinski definition) is 3. The number of nitrogens with zero attached hydrogens (tertiary/aromatic N) is 2. The Morgan fingerprint density at radius 2 is 1.58 bits per heavy atom. The van der Waals surface area contributed by atoms with Gasteiger partial charge in [-0.25, -0.2) is 0 Å². The molecule has 1 aromatic heterocycles. The number of halogens is 1. The Bertz CT molecular complexity index is 844. The number of nitrogens with one attached hydrogen (secondary N) is 3. The standard InChI is InChI=1S/C18H23N5.ClH/c1-11-13-7-6-8-14(18(13)22-23(11)5)17-15(20-3)9-12(19-2)10-16(17)21-4;/h6-10,19-21H,1-5H3;1H. The summed E-state index contributed by atoms with van der Waals surface area (Å²) in [5, 5.41) is 15.8. The van der Waals surface area contributed by atoms with Gasteiger partial charge in [-0.15, -0.1) is 12.4 Å². The molecule has 0 amide bonds. The van der Waals surface area contributed by atoms with Crippen molar-refractivity contribution in [3.05, 3.63) is 36.0 Å². The first-order valence-corrected chi connectivity index (χ1v) is 7.74. The predicted octanol–water partition coefficient (Wildman–Crippen LogP) is 4.10. The summed E-state index contributed by atoms with van der Waals surface area (Å²) >= 11 is 0. The highest BCUT2D eigenvalue weighted by Gasteiger charge is 2.17. The number of benzene rings is 2. The van der Waals surface area contributed by atoms with Crippen LogP contribution in [0.4, 0.5) is 17.1 Å². The van der Waals surface area contributed by atoms with Crippen LogP contribution in [0.25, 0.3) is 22.0 Å². The van der Waals surface area contributed by atoms with Crippen molar-refractivity contribution >= 4 is 40.4 Å². The highest BCUT2D eigenvalue weighted by atomic mass is 35.5. The maximum Gasteiger partial charge on any atom is 0.101 e. The van der Waals surface area contributed by atoms with Crippen molar-refractivity contribution in [1.82, 2.24) is 9.78 Å². The second kappa shape index (κ2) is 7.01. The van der Waals surface area contributed by atoms with Crippen molar-refractivity contribution in [3.8, 4) is 11.1 Å². The van der Waals surface area contributed by atoms with E-state index in [9.17, 15) is 0 Å². The molecule has 0 saturated carbocycles. The van der Waals surface area contributed by atoms with Crippen LogP contribution in [0.2, 0.25) is 0 Å². The maximum atomic E-state index is 4.73. The van der Waals surface area contributed by atoms with Gasteiger partial charge < -0.3 is 16.0 Å². The molecule has 0 radical (unpaired) electrons. The normalized spacial score (nSPS) is 10.4. The SMILES string of the molecule is CNc1cc(NC)c(-c2cccc3c(C)n(C)nc23)c(NC)c1.Cl. The van der Waals surface area contributed by atoms with Gasteiger partial charge in [-0.05, 0) is 19.1 Å². The first kappa shape index (κ1) is 17.9. The largest absolute Gasteiger partial charge is 0.388 e. The molecule has 0 saturated heterocycles. The molecule has 3 aromatic rings. The van der Waals surface area contributed by atoms with E-state index < -0.39 is 0 Å². The molecule has 3 N–H and O–H groups in total. The third-order valence-corrected chi connectivity index (χ3v) is 4.40. The van der Waals surface area contributed by atoms with Gasteiger partial charge in [0, 0.05) is 67.5 Å². The lowest BCUT2D eigenvalue weighted by atomic mass is 9.98. The number of aromatic nitrogens is 2. The Morgan fingerprint density at radius 3 is 2.12 bits per heavy atom. The zero-order valence-electron chi connectivity index (χ0n) is 14.7. The minimum absolute atomic E-state index is 0. The lowest BCUT2D eigenvalue weighted by Gasteiger charge is -2.17. The zero-order chi connectivity index (χ0) is 16.6. The average Bonchev–Trinajstić information content (AvgIpc) is 2.88. The second-order valence-corrected chi connectivity index (χ2v) is 5.61. The molecule has 128 valence electrons. The Morgan fingerprint density at radius 1 is 0.958 bits per heavy atom. The zero-order valence-corrected chi connectivity index (χ0v) is 15.5. The monoisotopic (exact) mass is 345 g/mol. The van der Waals surface area contributed by atoms with Crippen molar-refractivity contribution < 1.29 is 0 Å². The molecule has 0 aliphatic carbocycles. The Labute approximate surface area is 148 Å². The fourth-order valence-corrected chi connectivity index (χ4v) is 3.02. The molecule has 2 aromatic carbocycles. The third kappa shape index (κ3) is 2.76. The van der Waals surface area contributed by atoms with Crippen molar-refractivity contribution in [1.29, 1.82) is 0 Å². The number of aryl methyl sites for hydroxylation is 2. The summed E-state index contributed by atoms with van der Waals surface area (Å²) in [7, 11) is 7.81. The molecule has 0 spiro atoms. The highest BCUT2D eigenvalue weighted by Crippen LogP contribution is 2.41. The molecule has 1 heterocycles. The molecular weight excluding hydrogens is 322 g/mol. The van der Waals surface area contributed by atoms with Gasteiger partial charge in [-0.1, -0.05) is 18.2 Å². The molecule has 0 atom stereocenters. The van der Waals surface area contributed by atoms with Gasteiger partial charge in [0.2, 0.25) is 0 Å². The van der Waals surface area contributed by atoms with E-state index in [1.165, 1.54) is 11.1 Å². The quantitative estimate of drug-likeness (QED) is 0.666. The molecule has 3 rings (SSSR count). The van der Waals surface area contributed by atoms with E-state index >= 15 is 0 Å². The Hall–Kier alpha value is -2.40. The first-order valence-electron chi connectivity index (χ1n) is 7.74. The number of rotatable bonds is 4. The van der Waals surface area contributed by atoms with Gasteiger partial charge >= 0.3 is 0 Å².